The van der Waals surface area contributed by atoms with E-state index in [9.17, 15) is 5.11 Å². The maximum absolute atomic E-state index is 9.67. The molecule has 1 aliphatic carbocycles. The van der Waals surface area contributed by atoms with Crippen LogP contribution >= 0.6 is 11.3 Å². The highest BCUT2D eigenvalue weighted by Crippen LogP contribution is 2.28. The number of thiazole rings is 1. The van der Waals surface area contributed by atoms with E-state index >= 15 is 0 Å². The molecule has 3 nitrogen and oxygen atoms in total. The summed E-state index contributed by atoms with van der Waals surface area (Å²) in [4.78, 5) is 4.22. The molecule has 1 aromatic rings. The van der Waals surface area contributed by atoms with Gasteiger partial charge in [-0.25, -0.2) is 4.98 Å². The van der Waals surface area contributed by atoms with Crippen molar-refractivity contribution in [2.45, 2.75) is 44.8 Å². The fourth-order valence-corrected chi connectivity index (χ4v) is 2.94. The van der Waals surface area contributed by atoms with Crippen molar-refractivity contribution in [3.05, 3.63) is 16.6 Å². The molecule has 0 aliphatic heterocycles. The summed E-state index contributed by atoms with van der Waals surface area (Å²) in [5, 5.41) is 15.1. The van der Waals surface area contributed by atoms with Crippen molar-refractivity contribution in [2.75, 3.05) is 6.54 Å². The largest absolute Gasteiger partial charge is 0.393 e. The molecule has 0 aromatic carbocycles. The second-order valence-corrected chi connectivity index (χ2v) is 5.28. The van der Waals surface area contributed by atoms with Crippen molar-refractivity contribution < 1.29 is 5.11 Å². The number of aliphatic hydroxyl groups is 1. The number of rotatable bonds is 6. The smallest absolute Gasteiger partial charge is 0.0795 e. The lowest BCUT2D eigenvalue weighted by molar-refractivity contribution is 0.127. The molecule has 0 amide bonds. The summed E-state index contributed by atoms with van der Waals surface area (Å²) in [6.45, 7) is 1.90. The first-order chi connectivity index (χ1) is 7.86. The van der Waals surface area contributed by atoms with Crippen molar-refractivity contribution in [3.63, 3.8) is 0 Å². The Hall–Kier alpha value is -0.450. The minimum atomic E-state index is -0.0291. The highest BCUT2D eigenvalue weighted by molar-refractivity contribution is 7.07. The minimum Gasteiger partial charge on any atom is -0.393 e. The van der Waals surface area contributed by atoms with Gasteiger partial charge in [0.1, 0.15) is 0 Å². The fourth-order valence-electron chi connectivity index (χ4n) is 2.38. The normalized spacial score (nSPS) is 25.1. The number of nitrogens with one attached hydrogen (secondary N) is 1. The zero-order valence-corrected chi connectivity index (χ0v) is 10.4. The van der Waals surface area contributed by atoms with Crippen LogP contribution in [0.25, 0.3) is 0 Å². The van der Waals surface area contributed by atoms with Crippen molar-refractivity contribution >= 4 is 11.3 Å². The van der Waals surface area contributed by atoms with Gasteiger partial charge in [0.25, 0.3) is 0 Å². The third-order valence-corrected chi connectivity index (χ3v) is 3.97. The maximum Gasteiger partial charge on any atom is 0.0795 e. The fraction of sp³-hybridized carbons (Fsp3) is 0.750. The van der Waals surface area contributed by atoms with Crippen LogP contribution in [-0.4, -0.2) is 22.7 Å². The Labute approximate surface area is 101 Å². The van der Waals surface area contributed by atoms with Gasteiger partial charge in [0, 0.05) is 11.9 Å². The summed E-state index contributed by atoms with van der Waals surface area (Å²) in [7, 11) is 0. The molecule has 1 aliphatic rings. The number of aromatic nitrogens is 1. The van der Waals surface area contributed by atoms with E-state index in [1.165, 1.54) is 12.8 Å². The Morgan fingerprint density at radius 2 is 2.44 bits per heavy atom. The van der Waals surface area contributed by atoms with Gasteiger partial charge in [-0.1, -0.05) is 6.42 Å². The van der Waals surface area contributed by atoms with Gasteiger partial charge in [-0.3, -0.25) is 0 Å². The van der Waals surface area contributed by atoms with E-state index in [0.717, 1.165) is 38.0 Å². The molecule has 0 radical (unpaired) electrons. The second kappa shape index (κ2) is 6.33. The van der Waals surface area contributed by atoms with Crippen LogP contribution in [0.5, 0.6) is 0 Å². The number of nitrogens with zero attached hydrogens (tertiary/aromatic N) is 1. The van der Waals surface area contributed by atoms with Gasteiger partial charge in [-0.05, 0) is 38.1 Å². The van der Waals surface area contributed by atoms with Crippen LogP contribution in [0.2, 0.25) is 0 Å². The molecule has 2 unspecified atom stereocenters. The summed E-state index contributed by atoms with van der Waals surface area (Å²) in [5.41, 5.74) is 3.00. The van der Waals surface area contributed by atoms with E-state index in [1.54, 1.807) is 11.3 Å². The molecule has 4 heteroatoms. The van der Waals surface area contributed by atoms with Crippen LogP contribution in [0, 0.1) is 5.92 Å². The molecule has 90 valence electrons. The van der Waals surface area contributed by atoms with Crippen molar-refractivity contribution in [1.29, 1.82) is 0 Å². The molecule has 2 atom stereocenters. The minimum absolute atomic E-state index is 0.0291. The lowest BCUT2D eigenvalue weighted by atomic mass is 10.00. The predicted molar refractivity (Wildman–Crippen MR) is 66.4 cm³/mol. The first-order valence-corrected chi connectivity index (χ1v) is 7.06. The summed E-state index contributed by atoms with van der Waals surface area (Å²) < 4.78 is 0. The Morgan fingerprint density at radius 1 is 1.50 bits per heavy atom. The van der Waals surface area contributed by atoms with Gasteiger partial charge < -0.3 is 10.4 Å². The Kier molecular flexibility index (Phi) is 4.75. The standard InChI is InChI=1S/C12H20N2OS/c15-12-5-1-3-10(12)4-2-6-13-7-11-8-16-9-14-11/h8-10,12-13,15H,1-7H2. The Bertz CT molecular complexity index is 289. The third-order valence-electron chi connectivity index (χ3n) is 3.34. The molecule has 2 rings (SSSR count). The quantitative estimate of drug-likeness (QED) is 0.749. The Balaban J connectivity index is 1.52. The Morgan fingerprint density at radius 3 is 3.12 bits per heavy atom. The van der Waals surface area contributed by atoms with Crippen LogP contribution in [-0.2, 0) is 6.54 Å². The third kappa shape index (κ3) is 3.54. The number of hydrogen-bond acceptors (Lipinski definition) is 4. The van der Waals surface area contributed by atoms with Gasteiger partial charge in [0.15, 0.2) is 0 Å². The molecular weight excluding hydrogens is 220 g/mol. The SMILES string of the molecule is OC1CCCC1CCCNCc1cscn1. The highest BCUT2D eigenvalue weighted by atomic mass is 32.1. The number of aliphatic hydroxyl groups excluding tert-OH is 1. The summed E-state index contributed by atoms with van der Waals surface area (Å²) in [6.07, 6.45) is 5.72. The van der Waals surface area contributed by atoms with Crippen LogP contribution in [0.1, 0.15) is 37.8 Å². The average Bonchev–Trinajstić information content (AvgIpc) is 2.90. The molecule has 16 heavy (non-hydrogen) atoms. The molecule has 0 saturated heterocycles. The number of hydrogen-bond donors (Lipinski definition) is 2. The molecule has 1 heterocycles. The van der Waals surface area contributed by atoms with Gasteiger partial charge in [-0.2, -0.15) is 0 Å². The molecule has 1 fully saturated rings. The van der Waals surface area contributed by atoms with Gasteiger partial charge in [0.05, 0.1) is 17.3 Å². The first-order valence-electron chi connectivity index (χ1n) is 6.12. The van der Waals surface area contributed by atoms with Gasteiger partial charge in [0.2, 0.25) is 0 Å². The van der Waals surface area contributed by atoms with Crippen molar-refractivity contribution in [2.24, 2.45) is 5.92 Å². The summed E-state index contributed by atoms with van der Waals surface area (Å²) in [6, 6.07) is 0. The zero-order valence-electron chi connectivity index (χ0n) is 9.56. The maximum atomic E-state index is 9.67. The monoisotopic (exact) mass is 240 g/mol. The van der Waals surface area contributed by atoms with E-state index in [-0.39, 0.29) is 6.10 Å². The molecule has 0 spiro atoms. The van der Waals surface area contributed by atoms with E-state index in [0.29, 0.717) is 5.92 Å². The molecule has 0 bridgehead atoms. The summed E-state index contributed by atoms with van der Waals surface area (Å²) in [5.74, 6) is 0.557. The molecule has 1 saturated carbocycles. The van der Waals surface area contributed by atoms with Crippen LogP contribution < -0.4 is 5.32 Å². The van der Waals surface area contributed by atoms with Crippen LogP contribution in [0.15, 0.2) is 10.9 Å². The van der Waals surface area contributed by atoms with E-state index in [1.807, 2.05) is 5.51 Å². The first kappa shape index (κ1) is 12.0. The molecule has 2 N–H and O–H groups in total. The van der Waals surface area contributed by atoms with E-state index < -0.39 is 0 Å². The average molecular weight is 240 g/mol. The van der Waals surface area contributed by atoms with Crippen molar-refractivity contribution in [3.8, 4) is 0 Å². The predicted octanol–water partition coefficient (Wildman–Crippen LogP) is 2.17. The zero-order chi connectivity index (χ0) is 11.2. The molecule has 1 aromatic heterocycles. The van der Waals surface area contributed by atoms with Gasteiger partial charge >= 0.3 is 0 Å². The van der Waals surface area contributed by atoms with Crippen molar-refractivity contribution in [1.82, 2.24) is 10.3 Å². The lowest BCUT2D eigenvalue weighted by Gasteiger charge is -2.13. The van der Waals surface area contributed by atoms with E-state index in [4.69, 9.17) is 0 Å². The second-order valence-electron chi connectivity index (χ2n) is 4.56. The van der Waals surface area contributed by atoms with Crippen LogP contribution in [0.4, 0.5) is 0 Å². The molecular formula is C12H20N2OS. The van der Waals surface area contributed by atoms with Crippen LogP contribution in [0.3, 0.4) is 0 Å². The van der Waals surface area contributed by atoms with Gasteiger partial charge in [-0.15, -0.1) is 11.3 Å². The highest BCUT2D eigenvalue weighted by Gasteiger charge is 2.24. The summed E-state index contributed by atoms with van der Waals surface area (Å²) >= 11 is 1.64. The van der Waals surface area contributed by atoms with E-state index in [2.05, 4.69) is 15.7 Å². The topological polar surface area (TPSA) is 45.1 Å². The lowest BCUT2D eigenvalue weighted by Crippen LogP contribution is -2.18.